The molecular weight excluding hydrogens is 402 g/mol. The van der Waals surface area contributed by atoms with E-state index in [1.807, 2.05) is 42.7 Å². The highest BCUT2D eigenvalue weighted by Gasteiger charge is 2.44. The number of piperidine rings is 1. The zero-order chi connectivity index (χ0) is 21.7. The second kappa shape index (κ2) is 7.64. The Hall–Kier alpha value is -3.38. The molecule has 0 aliphatic carbocycles. The van der Waals surface area contributed by atoms with Crippen molar-refractivity contribution >= 4 is 17.3 Å². The van der Waals surface area contributed by atoms with E-state index in [9.17, 15) is 9.90 Å². The third-order valence-corrected chi connectivity index (χ3v) is 7.12. The lowest BCUT2D eigenvalue weighted by Gasteiger charge is -2.46. The molecule has 3 aliphatic rings. The molecular formula is C26H25N3O3. The van der Waals surface area contributed by atoms with Gasteiger partial charge in [-0.15, -0.1) is 0 Å². The van der Waals surface area contributed by atoms with Crippen molar-refractivity contribution in [2.75, 3.05) is 4.90 Å². The Morgan fingerprint density at radius 2 is 1.75 bits per heavy atom. The molecule has 4 heterocycles. The van der Waals surface area contributed by atoms with Gasteiger partial charge in [-0.1, -0.05) is 18.2 Å². The topological polar surface area (TPSA) is 65.9 Å². The van der Waals surface area contributed by atoms with Crippen LogP contribution in [-0.4, -0.2) is 39.1 Å². The summed E-state index contributed by atoms with van der Waals surface area (Å²) in [6.07, 6.45) is 8.39. The van der Waals surface area contributed by atoms with E-state index >= 15 is 0 Å². The fourth-order valence-corrected chi connectivity index (χ4v) is 5.73. The molecule has 0 saturated carbocycles. The highest BCUT2D eigenvalue weighted by atomic mass is 16.5. The number of benzene rings is 2. The number of carboxylic acid groups (broad SMARTS) is 1. The number of hydrogen-bond acceptors (Lipinski definition) is 5. The van der Waals surface area contributed by atoms with E-state index in [0.29, 0.717) is 23.9 Å². The third-order valence-electron chi connectivity index (χ3n) is 7.12. The number of para-hydroxylation sites is 2. The van der Waals surface area contributed by atoms with Gasteiger partial charge in [-0.2, -0.15) is 0 Å². The van der Waals surface area contributed by atoms with Crippen LogP contribution in [0.1, 0.15) is 41.6 Å². The molecule has 3 aromatic rings. The van der Waals surface area contributed by atoms with Crippen molar-refractivity contribution in [2.24, 2.45) is 0 Å². The molecule has 0 amide bonds. The standard InChI is InChI=1S/C26H25N3O3/c30-26(31)18-7-10-23-25(12-18)32-24-6-2-1-5-22(24)29(23)21-13-19-8-9-20(14-21)28(19)16-17-4-3-11-27-15-17/h1-7,10-12,15,19-21H,8-9,13-14,16H2,(H,30,31). The fraction of sp³-hybridized carbons (Fsp3) is 0.308. The van der Waals surface area contributed by atoms with Gasteiger partial charge >= 0.3 is 5.97 Å². The van der Waals surface area contributed by atoms with Crippen molar-refractivity contribution in [3.05, 3.63) is 78.1 Å². The number of carbonyl (C=O) groups is 1. The Balaban J connectivity index is 1.33. The average molecular weight is 428 g/mol. The summed E-state index contributed by atoms with van der Waals surface area (Å²) in [6.45, 7) is 0.953. The summed E-state index contributed by atoms with van der Waals surface area (Å²) in [6, 6.07) is 18.9. The van der Waals surface area contributed by atoms with Gasteiger partial charge in [0, 0.05) is 37.1 Å². The number of fused-ring (bicyclic) bond motifs is 4. The minimum absolute atomic E-state index is 0.245. The monoisotopic (exact) mass is 427 g/mol. The third kappa shape index (κ3) is 3.22. The predicted octanol–water partition coefficient (Wildman–Crippen LogP) is 5.22. The summed E-state index contributed by atoms with van der Waals surface area (Å²) in [5, 5.41) is 9.45. The Labute approximate surface area is 187 Å². The first-order chi connectivity index (χ1) is 15.7. The van der Waals surface area contributed by atoms with E-state index in [2.05, 4.69) is 26.9 Å². The van der Waals surface area contributed by atoms with Crippen molar-refractivity contribution in [3.63, 3.8) is 0 Å². The van der Waals surface area contributed by atoms with Crippen LogP contribution in [0.15, 0.2) is 67.0 Å². The van der Waals surface area contributed by atoms with Crippen LogP contribution in [0.25, 0.3) is 0 Å². The first-order valence-electron chi connectivity index (χ1n) is 11.3. The summed E-state index contributed by atoms with van der Waals surface area (Å²) in [5.41, 5.74) is 3.53. The van der Waals surface area contributed by atoms with E-state index in [1.165, 1.54) is 18.4 Å². The number of aromatic nitrogens is 1. The highest BCUT2D eigenvalue weighted by molar-refractivity contribution is 5.90. The van der Waals surface area contributed by atoms with Crippen LogP contribution < -0.4 is 9.64 Å². The number of pyridine rings is 1. The second-order valence-corrected chi connectivity index (χ2v) is 8.97. The average Bonchev–Trinajstić information content (AvgIpc) is 3.04. The number of aromatic carboxylic acids is 1. The molecule has 6 rings (SSSR count). The van der Waals surface area contributed by atoms with Crippen LogP contribution in [0.4, 0.5) is 11.4 Å². The second-order valence-electron chi connectivity index (χ2n) is 8.97. The van der Waals surface area contributed by atoms with Gasteiger partial charge in [0.05, 0.1) is 16.9 Å². The van der Waals surface area contributed by atoms with E-state index in [0.717, 1.165) is 36.5 Å². The molecule has 3 aliphatic heterocycles. The van der Waals surface area contributed by atoms with Crippen LogP contribution in [0.2, 0.25) is 0 Å². The molecule has 6 nitrogen and oxygen atoms in total. The van der Waals surface area contributed by atoms with Crippen LogP contribution in [0.5, 0.6) is 11.5 Å². The largest absolute Gasteiger partial charge is 0.478 e. The molecule has 2 bridgehead atoms. The lowest BCUT2D eigenvalue weighted by atomic mass is 9.93. The van der Waals surface area contributed by atoms with Gasteiger partial charge < -0.3 is 14.7 Å². The maximum absolute atomic E-state index is 11.5. The van der Waals surface area contributed by atoms with Gasteiger partial charge in [-0.25, -0.2) is 4.79 Å². The van der Waals surface area contributed by atoms with Gasteiger partial charge in [0.2, 0.25) is 0 Å². The maximum atomic E-state index is 11.5. The molecule has 2 aromatic carbocycles. The zero-order valence-corrected chi connectivity index (χ0v) is 17.7. The Kier molecular flexibility index (Phi) is 4.61. The molecule has 6 heteroatoms. The minimum Gasteiger partial charge on any atom is -0.478 e. The number of rotatable bonds is 4. The SMILES string of the molecule is O=C(O)c1ccc2c(c1)Oc1ccccc1N2C1CC2CCC(C1)N2Cc1cccnc1. The molecule has 0 radical (unpaired) electrons. The van der Waals surface area contributed by atoms with Crippen molar-refractivity contribution in [2.45, 2.75) is 50.4 Å². The lowest BCUT2D eigenvalue weighted by molar-refractivity contribution is 0.0696. The number of ether oxygens (including phenoxy) is 1. The Bertz CT molecular complexity index is 1150. The summed E-state index contributed by atoms with van der Waals surface area (Å²) >= 11 is 0. The Morgan fingerprint density at radius 3 is 2.50 bits per heavy atom. The molecule has 2 fully saturated rings. The van der Waals surface area contributed by atoms with E-state index in [1.54, 1.807) is 12.1 Å². The van der Waals surface area contributed by atoms with E-state index in [-0.39, 0.29) is 5.56 Å². The molecule has 2 saturated heterocycles. The van der Waals surface area contributed by atoms with Gasteiger partial charge in [0.25, 0.3) is 0 Å². The molecule has 162 valence electrons. The normalized spacial score (nSPS) is 23.9. The van der Waals surface area contributed by atoms with E-state index in [4.69, 9.17) is 4.74 Å². The molecule has 2 unspecified atom stereocenters. The number of carboxylic acids is 1. The maximum Gasteiger partial charge on any atom is 0.335 e. The summed E-state index contributed by atoms with van der Waals surface area (Å²) in [5.74, 6) is 0.463. The molecule has 1 N–H and O–H groups in total. The van der Waals surface area contributed by atoms with Crippen LogP contribution in [0.3, 0.4) is 0 Å². The molecule has 2 atom stereocenters. The highest BCUT2D eigenvalue weighted by Crippen LogP contribution is 2.51. The predicted molar refractivity (Wildman–Crippen MR) is 122 cm³/mol. The first-order valence-corrected chi connectivity index (χ1v) is 11.3. The molecule has 0 spiro atoms. The van der Waals surface area contributed by atoms with Gasteiger partial charge in [0.15, 0.2) is 11.5 Å². The van der Waals surface area contributed by atoms with Gasteiger partial charge in [-0.05, 0) is 67.6 Å². The van der Waals surface area contributed by atoms with Crippen molar-refractivity contribution < 1.29 is 14.6 Å². The quantitative estimate of drug-likeness (QED) is 0.616. The van der Waals surface area contributed by atoms with Crippen molar-refractivity contribution in [1.82, 2.24) is 9.88 Å². The fourth-order valence-electron chi connectivity index (χ4n) is 5.73. The van der Waals surface area contributed by atoms with Crippen LogP contribution >= 0.6 is 0 Å². The summed E-state index contributed by atoms with van der Waals surface area (Å²) < 4.78 is 6.14. The van der Waals surface area contributed by atoms with Crippen molar-refractivity contribution in [1.29, 1.82) is 0 Å². The first kappa shape index (κ1) is 19.3. The van der Waals surface area contributed by atoms with E-state index < -0.39 is 5.97 Å². The zero-order valence-electron chi connectivity index (χ0n) is 17.7. The number of hydrogen-bond donors (Lipinski definition) is 1. The Morgan fingerprint density at radius 1 is 0.969 bits per heavy atom. The molecule has 1 aromatic heterocycles. The van der Waals surface area contributed by atoms with Crippen LogP contribution in [0, 0.1) is 0 Å². The smallest absolute Gasteiger partial charge is 0.335 e. The lowest BCUT2D eigenvalue weighted by Crippen LogP contribution is -2.49. The molecule has 32 heavy (non-hydrogen) atoms. The number of nitrogens with zero attached hydrogens (tertiary/aromatic N) is 3. The van der Waals surface area contributed by atoms with Crippen molar-refractivity contribution in [3.8, 4) is 11.5 Å². The minimum atomic E-state index is -0.941. The van der Waals surface area contributed by atoms with Crippen LogP contribution in [-0.2, 0) is 6.54 Å². The number of anilines is 2. The summed E-state index contributed by atoms with van der Waals surface area (Å²) in [7, 11) is 0. The van der Waals surface area contributed by atoms with Gasteiger partial charge in [-0.3, -0.25) is 9.88 Å². The summed E-state index contributed by atoms with van der Waals surface area (Å²) in [4.78, 5) is 20.9. The van der Waals surface area contributed by atoms with Gasteiger partial charge in [0.1, 0.15) is 0 Å².